The van der Waals surface area contributed by atoms with Gasteiger partial charge in [0.2, 0.25) is 0 Å². The Balaban J connectivity index is 1.75. The molecule has 0 spiro atoms. The highest BCUT2D eigenvalue weighted by Gasteiger charge is 2.32. The van der Waals surface area contributed by atoms with Crippen LogP contribution in [0.4, 0.5) is 0 Å². The maximum absolute atomic E-state index is 5.77. The molecule has 1 aliphatic carbocycles. The van der Waals surface area contributed by atoms with E-state index in [-0.39, 0.29) is 0 Å². The van der Waals surface area contributed by atoms with E-state index in [1.807, 2.05) is 0 Å². The van der Waals surface area contributed by atoms with Crippen LogP contribution in [0, 0.1) is 0 Å². The molecule has 0 radical (unpaired) electrons. The molecular weight excluding hydrogens is 150 g/mol. The Morgan fingerprint density at radius 3 is 2.17 bits per heavy atom. The van der Waals surface area contributed by atoms with Crippen molar-refractivity contribution in [3.8, 4) is 0 Å². The Hall–Kier alpha value is -0.120. The Kier molecular flexibility index (Phi) is 2.35. The van der Waals surface area contributed by atoms with Gasteiger partial charge in [0.1, 0.15) is 0 Å². The number of piperazine rings is 1. The Bertz CT molecular complexity index is 146. The van der Waals surface area contributed by atoms with Crippen molar-refractivity contribution in [2.45, 2.75) is 24.9 Å². The zero-order valence-electron chi connectivity index (χ0n) is 7.87. The van der Waals surface area contributed by atoms with Crippen LogP contribution in [0.1, 0.15) is 12.8 Å². The van der Waals surface area contributed by atoms with E-state index in [0.717, 1.165) is 6.04 Å². The molecule has 2 N–H and O–H groups in total. The van der Waals surface area contributed by atoms with Crippen molar-refractivity contribution in [3.63, 3.8) is 0 Å². The first kappa shape index (κ1) is 8.48. The first-order valence-electron chi connectivity index (χ1n) is 4.94. The van der Waals surface area contributed by atoms with Crippen LogP contribution in [-0.2, 0) is 0 Å². The molecule has 1 aliphatic heterocycles. The van der Waals surface area contributed by atoms with Crippen LogP contribution in [-0.4, -0.2) is 55.1 Å². The van der Waals surface area contributed by atoms with Gasteiger partial charge in [0, 0.05) is 38.3 Å². The summed E-state index contributed by atoms with van der Waals surface area (Å²) in [4.78, 5) is 5.00. The minimum absolute atomic E-state index is 0.495. The highest BCUT2D eigenvalue weighted by Crippen LogP contribution is 2.24. The van der Waals surface area contributed by atoms with Crippen molar-refractivity contribution < 1.29 is 0 Å². The monoisotopic (exact) mass is 169 g/mol. The molecule has 0 unspecified atom stereocenters. The van der Waals surface area contributed by atoms with Gasteiger partial charge < -0.3 is 10.6 Å². The maximum atomic E-state index is 5.77. The van der Waals surface area contributed by atoms with Crippen molar-refractivity contribution in [3.05, 3.63) is 0 Å². The molecular formula is C9H19N3. The predicted molar refractivity (Wildman–Crippen MR) is 50.1 cm³/mol. The number of nitrogens with zero attached hydrogens (tertiary/aromatic N) is 2. The van der Waals surface area contributed by atoms with Gasteiger partial charge in [-0.25, -0.2) is 0 Å². The van der Waals surface area contributed by atoms with Crippen molar-refractivity contribution in [1.29, 1.82) is 0 Å². The second kappa shape index (κ2) is 3.32. The topological polar surface area (TPSA) is 32.5 Å². The highest BCUT2D eigenvalue weighted by atomic mass is 15.3. The summed E-state index contributed by atoms with van der Waals surface area (Å²) in [5.41, 5.74) is 5.77. The van der Waals surface area contributed by atoms with Crippen molar-refractivity contribution in [2.24, 2.45) is 5.73 Å². The average Bonchev–Trinajstić information content (AvgIpc) is 2.01. The van der Waals surface area contributed by atoms with Gasteiger partial charge in [-0.05, 0) is 19.9 Å². The van der Waals surface area contributed by atoms with E-state index in [0.29, 0.717) is 6.04 Å². The smallest absolute Gasteiger partial charge is 0.0126 e. The van der Waals surface area contributed by atoms with Gasteiger partial charge in [0.25, 0.3) is 0 Å². The fourth-order valence-electron chi connectivity index (χ4n) is 2.12. The average molecular weight is 169 g/mol. The molecule has 3 heteroatoms. The van der Waals surface area contributed by atoms with E-state index < -0.39 is 0 Å². The normalized spacial score (nSPS) is 39.5. The van der Waals surface area contributed by atoms with Crippen LogP contribution in [0.3, 0.4) is 0 Å². The third-order valence-electron chi connectivity index (χ3n) is 3.20. The molecule has 1 saturated carbocycles. The molecule has 70 valence electrons. The van der Waals surface area contributed by atoms with Crippen molar-refractivity contribution >= 4 is 0 Å². The summed E-state index contributed by atoms with van der Waals surface area (Å²) in [6.07, 6.45) is 2.45. The number of hydrogen-bond acceptors (Lipinski definition) is 3. The molecule has 2 rings (SSSR count). The second-order valence-corrected chi connectivity index (χ2v) is 4.22. The quantitative estimate of drug-likeness (QED) is 0.586. The van der Waals surface area contributed by atoms with Gasteiger partial charge in [-0.15, -0.1) is 0 Å². The summed E-state index contributed by atoms with van der Waals surface area (Å²) in [7, 11) is 2.20. The number of rotatable bonds is 1. The Morgan fingerprint density at radius 1 is 1.08 bits per heavy atom. The van der Waals surface area contributed by atoms with Crippen molar-refractivity contribution in [2.75, 3.05) is 33.2 Å². The lowest BCUT2D eigenvalue weighted by molar-refractivity contribution is 0.0619. The summed E-state index contributed by atoms with van der Waals surface area (Å²) in [6.45, 7) is 4.94. The minimum Gasteiger partial charge on any atom is -0.328 e. The fourth-order valence-corrected chi connectivity index (χ4v) is 2.12. The predicted octanol–water partition coefficient (Wildman–Crippen LogP) is -0.276. The molecule has 2 fully saturated rings. The second-order valence-electron chi connectivity index (χ2n) is 4.22. The van der Waals surface area contributed by atoms with Gasteiger partial charge in [0.15, 0.2) is 0 Å². The molecule has 0 atom stereocenters. The van der Waals surface area contributed by atoms with Gasteiger partial charge in [0.05, 0.1) is 0 Å². The van der Waals surface area contributed by atoms with Gasteiger partial charge in [-0.1, -0.05) is 0 Å². The lowest BCUT2D eigenvalue weighted by Crippen LogP contribution is -2.56. The number of nitrogens with two attached hydrogens (primary N) is 1. The molecule has 3 nitrogen and oxygen atoms in total. The van der Waals surface area contributed by atoms with E-state index in [4.69, 9.17) is 5.73 Å². The van der Waals surface area contributed by atoms with Crippen LogP contribution >= 0.6 is 0 Å². The maximum Gasteiger partial charge on any atom is 0.0126 e. The summed E-state index contributed by atoms with van der Waals surface area (Å²) < 4.78 is 0. The molecule has 0 aromatic heterocycles. The van der Waals surface area contributed by atoms with E-state index in [2.05, 4.69) is 16.8 Å². The first-order chi connectivity index (χ1) is 5.75. The third kappa shape index (κ3) is 1.63. The zero-order valence-corrected chi connectivity index (χ0v) is 7.87. The van der Waals surface area contributed by atoms with Crippen molar-refractivity contribution in [1.82, 2.24) is 9.80 Å². The van der Waals surface area contributed by atoms with Crippen LogP contribution in [0.15, 0.2) is 0 Å². The van der Waals surface area contributed by atoms with E-state index in [9.17, 15) is 0 Å². The summed E-state index contributed by atoms with van der Waals surface area (Å²) in [5.74, 6) is 0. The molecule has 0 aromatic carbocycles. The number of hydrogen-bond donors (Lipinski definition) is 1. The fraction of sp³-hybridized carbons (Fsp3) is 1.00. The third-order valence-corrected chi connectivity index (χ3v) is 3.20. The summed E-state index contributed by atoms with van der Waals surface area (Å²) >= 11 is 0. The number of likely N-dealkylation sites (N-methyl/N-ethyl adjacent to an activating group) is 1. The summed E-state index contributed by atoms with van der Waals surface area (Å²) in [6, 6.07) is 1.31. The lowest BCUT2D eigenvalue weighted by Gasteiger charge is -2.44. The standard InChI is InChI=1S/C9H19N3/c1-11-2-4-12(5-3-11)9-6-8(10)7-9/h8-9H,2-7,10H2,1H3/t8-,9+. The molecule has 1 heterocycles. The molecule has 2 aliphatic rings. The van der Waals surface area contributed by atoms with Crippen LogP contribution in [0.5, 0.6) is 0 Å². The Labute approximate surface area is 74.5 Å². The zero-order chi connectivity index (χ0) is 8.55. The van der Waals surface area contributed by atoms with E-state index >= 15 is 0 Å². The van der Waals surface area contributed by atoms with Crippen LogP contribution in [0.2, 0.25) is 0 Å². The van der Waals surface area contributed by atoms with Crippen LogP contribution < -0.4 is 5.73 Å². The molecule has 1 saturated heterocycles. The first-order valence-corrected chi connectivity index (χ1v) is 4.94. The largest absolute Gasteiger partial charge is 0.328 e. The molecule has 0 bridgehead atoms. The SMILES string of the molecule is CN1CCN([C@H]2C[C@@H](N)C2)CC1. The van der Waals surface area contributed by atoms with E-state index in [1.165, 1.54) is 39.0 Å². The highest BCUT2D eigenvalue weighted by molar-refractivity contribution is 4.91. The van der Waals surface area contributed by atoms with Gasteiger partial charge in [-0.2, -0.15) is 0 Å². The Morgan fingerprint density at radius 2 is 1.67 bits per heavy atom. The molecule has 0 aromatic rings. The van der Waals surface area contributed by atoms with Gasteiger partial charge >= 0.3 is 0 Å². The molecule has 12 heavy (non-hydrogen) atoms. The van der Waals surface area contributed by atoms with E-state index in [1.54, 1.807) is 0 Å². The lowest BCUT2D eigenvalue weighted by atomic mass is 9.86. The van der Waals surface area contributed by atoms with Crippen LogP contribution in [0.25, 0.3) is 0 Å². The summed E-state index contributed by atoms with van der Waals surface area (Å²) in [5, 5.41) is 0. The minimum atomic E-state index is 0.495. The van der Waals surface area contributed by atoms with Gasteiger partial charge in [-0.3, -0.25) is 4.90 Å². The molecule has 0 amide bonds.